The quantitative estimate of drug-likeness (QED) is 0.513. The average molecular weight is 342 g/mol. The molecule has 1 aromatic rings. The Morgan fingerprint density at radius 1 is 1.16 bits per heavy atom. The van der Waals surface area contributed by atoms with Crippen molar-refractivity contribution >= 4 is 0 Å². The molecule has 2 rings (SSSR count). The molecule has 1 nitrogen and oxygen atoms in total. The van der Waals surface area contributed by atoms with Crippen LogP contribution in [-0.4, -0.2) is 6.61 Å². The van der Waals surface area contributed by atoms with Crippen LogP contribution < -0.4 is 4.74 Å². The first-order valence-corrected chi connectivity index (χ1v) is 9.83. The normalized spacial score (nSPS) is 20.3. The van der Waals surface area contributed by atoms with Gasteiger partial charge in [0, 0.05) is 6.07 Å². The maximum atomic E-state index is 14.0. The Morgan fingerprint density at radius 3 is 2.64 bits per heavy atom. The van der Waals surface area contributed by atoms with E-state index in [1.165, 1.54) is 51.0 Å². The van der Waals surface area contributed by atoms with Crippen LogP contribution in [0.1, 0.15) is 70.8 Å². The lowest BCUT2D eigenvalue weighted by Gasteiger charge is -2.26. The number of unbranched alkanes of at least 4 members (excludes halogenated alkanes) is 1. The molecule has 0 N–H and O–H groups in total. The molecule has 1 aliphatic rings. The molecule has 0 unspecified atom stereocenters. The average Bonchev–Trinajstić information content (AvgIpc) is 2.64. The molecular formula is C23H31FO. The number of hydrogen-bond acceptors (Lipinski definition) is 1. The molecular weight excluding hydrogens is 311 g/mol. The lowest BCUT2D eigenvalue weighted by atomic mass is 9.80. The Kier molecular flexibility index (Phi) is 8.60. The van der Waals surface area contributed by atoms with Gasteiger partial charge in [0.2, 0.25) is 0 Å². The van der Waals surface area contributed by atoms with Gasteiger partial charge in [0.1, 0.15) is 11.6 Å². The minimum Gasteiger partial charge on any atom is -0.494 e. The molecule has 0 amide bonds. The van der Waals surface area contributed by atoms with Gasteiger partial charge < -0.3 is 4.74 Å². The summed E-state index contributed by atoms with van der Waals surface area (Å²) >= 11 is 0. The summed E-state index contributed by atoms with van der Waals surface area (Å²) in [5.41, 5.74) is 0.428. The van der Waals surface area contributed by atoms with Gasteiger partial charge in [-0.15, -0.1) is 0 Å². The number of rotatable bonds is 7. The van der Waals surface area contributed by atoms with E-state index >= 15 is 0 Å². The van der Waals surface area contributed by atoms with Crippen molar-refractivity contribution in [2.45, 2.75) is 65.2 Å². The van der Waals surface area contributed by atoms with Gasteiger partial charge in [-0.1, -0.05) is 51.0 Å². The summed E-state index contributed by atoms with van der Waals surface area (Å²) in [7, 11) is 0. The third-order valence-corrected chi connectivity index (χ3v) is 4.93. The van der Waals surface area contributed by atoms with Crippen molar-refractivity contribution in [2.75, 3.05) is 6.61 Å². The number of hydrogen-bond donors (Lipinski definition) is 0. The van der Waals surface area contributed by atoms with Crippen molar-refractivity contribution in [1.29, 1.82) is 0 Å². The van der Waals surface area contributed by atoms with Gasteiger partial charge in [0.15, 0.2) is 0 Å². The Balaban J connectivity index is 1.81. The van der Waals surface area contributed by atoms with E-state index in [-0.39, 0.29) is 5.82 Å². The Labute approximate surface area is 152 Å². The largest absolute Gasteiger partial charge is 0.494 e. The highest BCUT2D eigenvalue weighted by Gasteiger charge is 2.18. The van der Waals surface area contributed by atoms with E-state index in [0.29, 0.717) is 23.8 Å². The molecule has 25 heavy (non-hydrogen) atoms. The standard InChI is InChI=1S/C23H31FO/c1-3-5-8-19-11-13-20(14-12-19)9-6-7-10-21-15-16-22(18-23(21)24)25-17-4-2/h6,9,15-16,18-20H,3-5,8,11-14,17H2,1-2H3/t19-,20-. The van der Waals surface area contributed by atoms with E-state index in [4.69, 9.17) is 4.74 Å². The van der Waals surface area contributed by atoms with Crippen molar-refractivity contribution < 1.29 is 9.13 Å². The van der Waals surface area contributed by atoms with Crippen molar-refractivity contribution in [2.24, 2.45) is 11.8 Å². The predicted octanol–water partition coefficient (Wildman–Crippen LogP) is 6.52. The molecule has 136 valence electrons. The first-order valence-electron chi connectivity index (χ1n) is 9.83. The summed E-state index contributed by atoms with van der Waals surface area (Å²) in [4.78, 5) is 0. The second-order valence-electron chi connectivity index (χ2n) is 7.04. The zero-order valence-corrected chi connectivity index (χ0v) is 15.7. The molecule has 1 fully saturated rings. The fourth-order valence-corrected chi connectivity index (χ4v) is 3.37. The van der Waals surface area contributed by atoms with Crippen LogP contribution in [0.25, 0.3) is 0 Å². The van der Waals surface area contributed by atoms with Gasteiger partial charge >= 0.3 is 0 Å². The van der Waals surface area contributed by atoms with Gasteiger partial charge in [0.25, 0.3) is 0 Å². The monoisotopic (exact) mass is 342 g/mol. The molecule has 0 spiro atoms. The summed E-state index contributed by atoms with van der Waals surface area (Å²) in [6.45, 7) is 4.90. The van der Waals surface area contributed by atoms with Gasteiger partial charge in [-0.2, -0.15) is 0 Å². The maximum absolute atomic E-state index is 14.0. The summed E-state index contributed by atoms with van der Waals surface area (Å²) in [6, 6.07) is 4.89. The highest BCUT2D eigenvalue weighted by atomic mass is 19.1. The minimum absolute atomic E-state index is 0.314. The van der Waals surface area contributed by atoms with Crippen LogP contribution in [0.2, 0.25) is 0 Å². The van der Waals surface area contributed by atoms with Crippen LogP contribution in [0.3, 0.4) is 0 Å². The maximum Gasteiger partial charge on any atom is 0.142 e. The van der Waals surface area contributed by atoms with Gasteiger partial charge in [-0.25, -0.2) is 4.39 Å². The molecule has 0 bridgehead atoms. The van der Waals surface area contributed by atoms with Crippen LogP contribution in [0.4, 0.5) is 4.39 Å². The van der Waals surface area contributed by atoms with Crippen LogP contribution in [0.15, 0.2) is 30.4 Å². The molecule has 0 heterocycles. The molecule has 0 saturated heterocycles. The highest BCUT2D eigenvalue weighted by Crippen LogP contribution is 2.32. The third kappa shape index (κ3) is 6.94. The van der Waals surface area contributed by atoms with E-state index in [9.17, 15) is 4.39 Å². The Morgan fingerprint density at radius 2 is 1.96 bits per heavy atom. The number of benzene rings is 1. The summed E-state index contributed by atoms with van der Waals surface area (Å²) in [6.07, 6.45) is 14.3. The van der Waals surface area contributed by atoms with Crippen molar-refractivity contribution in [3.8, 4) is 17.6 Å². The second kappa shape index (κ2) is 11.0. The zero-order valence-electron chi connectivity index (χ0n) is 15.7. The first-order chi connectivity index (χ1) is 12.2. The number of allylic oxidation sites excluding steroid dienone is 2. The summed E-state index contributed by atoms with van der Waals surface area (Å²) in [5, 5.41) is 0. The topological polar surface area (TPSA) is 9.23 Å². The third-order valence-electron chi connectivity index (χ3n) is 4.93. The zero-order chi connectivity index (χ0) is 17.9. The van der Waals surface area contributed by atoms with Crippen LogP contribution >= 0.6 is 0 Å². The Hall–Kier alpha value is -1.75. The fraction of sp³-hybridized carbons (Fsp3) is 0.565. The van der Waals surface area contributed by atoms with E-state index < -0.39 is 0 Å². The molecule has 0 radical (unpaired) electrons. The SMILES string of the molecule is CCCC[C@H]1CC[C@H](C=CC#Cc2ccc(OCCC)cc2F)CC1. The van der Waals surface area contributed by atoms with Crippen LogP contribution in [-0.2, 0) is 0 Å². The van der Waals surface area contributed by atoms with Gasteiger partial charge in [-0.3, -0.25) is 0 Å². The molecule has 1 aromatic carbocycles. The molecule has 0 aliphatic heterocycles. The van der Waals surface area contributed by atoms with Crippen molar-refractivity contribution in [3.05, 3.63) is 41.7 Å². The van der Waals surface area contributed by atoms with Crippen molar-refractivity contribution in [3.63, 3.8) is 0 Å². The summed E-state index contributed by atoms with van der Waals surface area (Å²) < 4.78 is 19.4. The molecule has 1 saturated carbocycles. The molecule has 2 heteroatoms. The van der Waals surface area contributed by atoms with Crippen LogP contribution in [0, 0.1) is 29.5 Å². The second-order valence-corrected chi connectivity index (χ2v) is 7.04. The number of ether oxygens (including phenoxy) is 1. The van der Waals surface area contributed by atoms with E-state index in [0.717, 1.165) is 12.3 Å². The molecule has 1 aliphatic carbocycles. The van der Waals surface area contributed by atoms with Gasteiger partial charge in [-0.05, 0) is 62.1 Å². The van der Waals surface area contributed by atoms with E-state index in [1.54, 1.807) is 12.1 Å². The smallest absolute Gasteiger partial charge is 0.142 e. The minimum atomic E-state index is -0.314. The Bertz CT molecular complexity index is 600. The predicted molar refractivity (Wildman–Crippen MR) is 103 cm³/mol. The number of halogens is 1. The molecule has 0 aromatic heterocycles. The first kappa shape index (κ1) is 19.6. The van der Waals surface area contributed by atoms with Crippen LogP contribution in [0.5, 0.6) is 5.75 Å². The lowest BCUT2D eigenvalue weighted by Crippen LogP contribution is -2.12. The van der Waals surface area contributed by atoms with Crippen molar-refractivity contribution in [1.82, 2.24) is 0 Å². The highest BCUT2D eigenvalue weighted by molar-refractivity contribution is 5.41. The fourth-order valence-electron chi connectivity index (χ4n) is 3.37. The van der Waals surface area contributed by atoms with E-state index in [1.807, 2.05) is 13.0 Å². The van der Waals surface area contributed by atoms with E-state index in [2.05, 4.69) is 24.8 Å². The lowest BCUT2D eigenvalue weighted by molar-refractivity contribution is 0.291. The molecule has 0 atom stereocenters. The summed E-state index contributed by atoms with van der Waals surface area (Å²) in [5.74, 6) is 7.72. The van der Waals surface area contributed by atoms with Gasteiger partial charge in [0.05, 0.1) is 12.2 Å².